The van der Waals surface area contributed by atoms with Gasteiger partial charge in [-0.2, -0.15) is 0 Å². The molecule has 6 N–H and O–H groups in total. The molecule has 92 valence electrons. The molecule has 4 nitrogen and oxygen atoms in total. The number of halogens is 1. The van der Waals surface area contributed by atoms with Gasteiger partial charge in [0.1, 0.15) is 0 Å². The normalized spacial score (nSPS) is 10.1. The Morgan fingerprint density at radius 3 is 2.39 bits per heavy atom. The van der Waals surface area contributed by atoms with Gasteiger partial charge in [-0.3, -0.25) is 5.84 Å². The average Bonchev–Trinajstić information content (AvgIpc) is 2.38. The summed E-state index contributed by atoms with van der Waals surface area (Å²) in [5.41, 5.74) is 12.1. The molecule has 0 saturated heterocycles. The van der Waals surface area contributed by atoms with Gasteiger partial charge in [-0.25, -0.2) is 0 Å². The van der Waals surface area contributed by atoms with Crippen LogP contribution in [0, 0.1) is 5.41 Å². The SMILES string of the molecule is N=Cc1c(N)cc(Cl)cc1-c1ccc(NN)cc1. The van der Waals surface area contributed by atoms with Gasteiger partial charge in [0, 0.05) is 28.2 Å². The lowest BCUT2D eigenvalue weighted by Crippen LogP contribution is -2.06. The van der Waals surface area contributed by atoms with Gasteiger partial charge in [0.05, 0.1) is 0 Å². The molecular formula is C13H13ClN4. The number of rotatable bonds is 3. The van der Waals surface area contributed by atoms with Crippen molar-refractivity contribution < 1.29 is 0 Å². The Hall–Kier alpha value is -2.04. The monoisotopic (exact) mass is 260 g/mol. The third kappa shape index (κ3) is 2.30. The lowest BCUT2D eigenvalue weighted by molar-refractivity contribution is 1.35. The van der Waals surface area contributed by atoms with E-state index in [1.165, 1.54) is 6.21 Å². The van der Waals surface area contributed by atoms with E-state index in [4.69, 9.17) is 28.6 Å². The lowest BCUT2D eigenvalue weighted by atomic mass is 9.98. The van der Waals surface area contributed by atoms with Crippen LogP contribution in [-0.2, 0) is 0 Å². The summed E-state index contributed by atoms with van der Waals surface area (Å²) in [5, 5.41) is 7.99. The fourth-order valence-corrected chi connectivity index (χ4v) is 2.01. The zero-order valence-electron chi connectivity index (χ0n) is 9.57. The molecule has 0 heterocycles. The summed E-state index contributed by atoms with van der Waals surface area (Å²) in [6, 6.07) is 10.9. The topological polar surface area (TPSA) is 87.9 Å². The van der Waals surface area contributed by atoms with Crippen molar-refractivity contribution in [2.24, 2.45) is 5.84 Å². The molecule has 2 aromatic carbocycles. The number of hydrogen-bond donors (Lipinski definition) is 4. The van der Waals surface area contributed by atoms with E-state index in [0.29, 0.717) is 16.3 Å². The average molecular weight is 261 g/mol. The summed E-state index contributed by atoms with van der Waals surface area (Å²) >= 11 is 6.00. The predicted octanol–water partition coefficient (Wildman–Crippen LogP) is 2.87. The first-order valence-corrected chi connectivity index (χ1v) is 5.70. The maximum Gasteiger partial charge on any atom is 0.0485 e. The molecule has 0 aliphatic heterocycles. The third-order valence-electron chi connectivity index (χ3n) is 2.68. The van der Waals surface area contributed by atoms with Gasteiger partial charge >= 0.3 is 0 Å². The Morgan fingerprint density at radius 2 is 1.83 bits per heavy atom. The first-order chi connectivity index (χ1) is 8.65. The molecule has 0 unspecified atom stereocenters. The smallest absolute Gasteiger partial charge is 0.0485 e. The Bertz CT molecular complexity index is 578. The van der Waals surface area contributed by atoms with Crippen molar-refractivity contribution >= 4 is 29.2 Å². The maximum atomic E-state index is 7.44. The molecule has 0 spiro atoms. The van der Waals surface area contributed by atoms with Crippen LogP contribution in [0.4, 0.5) is 11.4 Å². The number of hydrogen-bond acceptors (Lipinski definition) is 4. The number of benzene rings is 2. The van der Waals surface area contributed by atoms with Crippen LogP contribution in [0.5, 0.6) is 0 Å². The van der Waals surface area contributed by atoms with Crippen molar-refractivity contribution in [3.8, 4) is 11.1 Å². The minimum Gasteiger partial charge on any atom is -0.398 e. The summed E-state index contributed by atoms with van der Waals surface area (Å²) in [4.78, 5) is 0. The standard InChI is InChI=1S/C13H13ClN4/c14-9-5-11(12(7-15)13(16)6-9)8-1-3-10(18-17)4-2-8/h1-7,15,18H,16-17H2. The molecule has 0 atom stereocenters. The Morgan fingerprint density at radius 1 is 1.17 bits per heavy atom. The number of nitrogens with one attached hydrogen (secondary N) is 2. The molecular weight excluding hydrogens is 248 g/mol. The first-order valence-electron chi connectivity index (χ1n) is 5.32. The van der Waals surface area contributed by atoms with Crippen LogP contribution in [0.25, 0.3) is 11.1 Å². The molecule has 0 aliphatic carbocycles. The van der Waals surface area contributed by atoms with E-state index >= 15 is 0 Å². The summed E-state index contributed by atoms with van der Waals surface area (Å²) in [5.74, 6) is 5.32. The number of hydrazine groups is 1. The van der Waals surface area contributed by atoms with Crippen molar-refractivity contribution in [2.45, 2.75) is 0 Å². The number of anilines is 2. The summed E-state index contributed by atoms with van der Waals surface area (Å²) < 4.78 is 0. The number of nitrogens with two attached hydrogens (primary N) is 2. The zero-order chi connectivity index (χ0) is 13.1. The van der Waals surface area contributed by atoms with E-state index in [1.54, 1.807) is 12.1 Å². The van der Waals surface area contributed by atoms with Crippen LogP contribution in [0.15, 0.2) is 36.4 Å². The van der Waals surface area contributed by atoms with Gasteiger partial charge in [-0.15, -0.1) is 0 Å². The minimum absolute atomic E-state index is 0.494. The summed E-state index contributed by atoms with van der Waals surface area (Å²) in [7, 11) is 0. The van der Waals surface area contributed by atoms with Crippen LogP contribution < -0.4 is 17.0 Å². The Kier molecular flexibility index (Phi) is 3.50. The van der Waals surface area contributed by atoms with Gasteiger partial charge in [0.15, 0.2) is 0 Å². The molecule has 0 radical (unpaired) electrons. The van der Waals surface area contributed by atoms with Gasteiger partial charge in [0.25, 0.3) is 0 Å². The highest BCUT2D eigenvalue weighted by Crippen LogP contribution is 2.30. The molecule has 2 aromatic rings. The predicted molar refractivity (Wildman–Crippen MR) is 77.0 cm³/mol. The minimum atomic E-state index is 0.494. The highest BCUT2D eigenvalue weighted by Gasteiger charge is 2.08. The summed E-state index contributed by atoms with van der Waals surface area (Å²) in [6.45, 7) is 0. The molecule has 0 saturated carbocycles. The number of nitrogen functional groups attached to an aromatic ring is 2. The van der Waals surface area contributed by atoms with Gasteiger partial charge < -0.3 is 16.6 Å². The van der Waals surface area contributed by atoms with Crippen molar-refractivity contribution in [2.75, 3.05) is 11.2 Å². The molecule has 0 fully saturated rings. The quantitative estimate of drug-likeness (QED) is 0.296. The molecule has 0 amide bonds. The fraction of sp³-hybridized carbons (Fsp3) is 0. The lowest BCUT2D eigenvalue weighted by Gasteiger charge is -2.10. The van der Waals surface area contributed by atoms with Gasteiger partial charge in [0.2, 0.25) is 0 Å². The Balaban J connectivity index is 2.58. The van der Waals surface area contributed by atoms with E-state index in [2.05, 4.69) is 5.43 Å². The van der Waals surface area contributed by atoms with Crippen molar-refractivity contribution in [1.82, 2.24) is 0 Å². The van der Waals surface area contributed by atoms with Crippen LogP contribution in [0.3, 0.4) is 0 Å². The van der Waals surface area contributed by atoms with Crippen LogP contribution in [0.2, 0.25) is 5.02 Å². The summed E-state index contributed by atoms with van der Waals surface area (Å²) in [6.07, 6.45) is 1.23. The molecule has 5 heteroatoms. The Labute approximate surface area is 110 Å². The second kappa shape index (κ2) is 5.08. The molecule has 0 aliphatic rings. The molecule has 0 aromatic heterocycles. The van der Waals surface area contributed by atoms with E-state index in [-0.39, 0.29) is 0 Å². The van der Waals surface area contributed by atoms with E-state index < -0.39 is 0 Å². The fourth-order valence-electron chi connectivity index (χ4n) is 1.79. The van der Waals surface area contributed by atoms with Gasteiger partial charge in [-0.1, -0.05) is 23.7 Å². The first kappa shape index (κ1) is 12.4. The zero-order valence-corrected chi connectivity index (χ0v) is 10.3. The second-order valence-corrected chi connectivity index (χ2v) is 4.26. The maximum absolute atomic E-state index is 7.44. The molecule has 18 heavy (non-hydrogen) atoms. The molecule has 2 rings (SSSR count). The van der Waals surface area contributed by atoms with Crippen molar-refractivity contribution in [1.29, 1.82) is 5.41 Å². The highest BCUT2D eigenvalue weighted by atomic mass is 35.5. The highest BCUT2D eigenvalue weighted by molar-refractivity contribution is 6.31. The van der Waals surface area contributed by atoms with E-state index in [9.17, 15) is 0 Å². The van der Waals surface area contributed by atoms with Crippen LogP contribution >= 0.6 is 11.6 Å². The van der Waals surface area contributed by atoms with Crippen LogP contribution in [0.1, 0.15) is 5.56 Å². The van der Waals surface area contributed by atoms with Crippen LogP contribution in [-0.4, -0.2) is 6.21 Å². The second-order valence-electron chi connectivity index (χ2n) is 3.82. The van der Waals surface area contributed by atoms with Gasteiger partial charge in [-0.05, 0) is 35.4 Å². The van der Waals surface area contributed by atoms with E-state index in [0.717, 1.165) is 16.8 Å². The van der Waals surface area contributed by atoms with E-state index in [1.807, 2.05) is 24.3 Å². The third-order valence-corrected chi connectivity index (χ3v) is 2.90. The van der Waals surface area contributed by atoms with Crippen molar-refractivity contribution in [3.05, 3.63) is 47.0 Å². The molecule has 0 bridgehead atoms. The largest absolute Gasteiger partial charge is 0.398 e. The van der Waals surface area contributed by atoms with Crippen molar-refractivity contribution in [3.63, 3.8) is 0 Å².